The molecule has 0 unspecified atom stereocenters. The minimum absolute atomic E-state index is 0.0151. The second-order valence-corrected chi connectivity index (χ2v) is 7.63. The molecule has 0 bridgehead atoms. The van der Waals surface area contributed by atoms with Crippen molar-refractivity contribution < 1.29 is 4.79 Å². The first-order valence-corrected chi connectivity index (χ1v) is 9.91. The number of amides is 1. The topological polar surface area (TPSA) is 61.0 Å². The first-order chi connectivity index (χ1) is 13.6. The number of nitrogens with zero attached hydrogens (tertiary/aromatic N) is 2. The van der Waals surface area contributed by atoms with E-state index in [1.807, 2.05) is 55.5 Å². The number of aromatic amines is 1. The molecule has 2 N–H and O–H groups in total. The lowest BCUT2D eigenvalue weighted by Crippen LogP contribution is -2.45. The van der Waals surface area contributed by atoms with Crippen LogP contribution in [-0.4, -0.2) is 35.2 Å². The second-order valence-electron chi connectivity index (χ2n) is 7.20. The van der Waals surface area contributed by atoms with Crippen molar-refractivity contribution in [2.45, 2.75) is 25.8 Å². The fraction of sp³-hybridized carbons (Fsp3) is 0.273. The Morgan fingerprint density at radius 2 is 1.86 bits per heavy atom. The summed E-state index contributed by atoms with van der Waals surface area (Å²) in [5, 5.41) is 11.5. The summed E-state index contributed by atoms with van der Waals surface area (Å²) < 4.78 is 0. The van der Waals surface area contributed by atoms with E-state index in [1.165, 1.54) is 0 Å². The van der Waals surface area contributed by atoms with Crippen LogP contribution in [0, 0.1) is 6.92 Å². The van der Waals surface area contributed by atoms with Crippen LogP contribution < -0.4 is 10.2 Å². The van der Waals surface area contributed by atoms with Crippen LogP contribution in [0.4, 0.5) is 5.82 Å². The summed E-state index contributed by atoms with van der Waals surface area (Å²) in [5.74, 6) is 0.954. The van der Waals surface area contributed by atoms with E-state index >= 15 is 0 Å². The number of carbonyl (C=O) groups is 1. The second kappa shape index (κ2) is 8.07. The Morgan fingerprint density at radius 3 is 2.57 bits per heavy atom. The molecule has 1 fully saturated rings. The van der Waals surface area contributed by atoms with Crippen molar-refractivity contribution in [3.8, 4) is 11.3 Å². The number of benzene rings is 2. The minimum atomic E-state index is 0.0151. The molecule has 1 aliphatic rings. The highest BCUT2D eigenvalue weighted by atomic mass is 35.5. The standard InChI is InChI=1S/C22H23ClN4O/c1-15-4-2-3-5-19(15)22(28)24-18-10-12-27(13-11-18)21-14-20(25-26-21)16-6-8-17(23)9-7-16/h2-9,14,18H,10-13H2,1H3,(H,24,28)(H,25,26). The Hall–Kier alpha value is -2.79. The van der Waals surface area contributed by atoms with E-state index in [0.717, 1.165) is 59.2 Å². The minimum Gasteiger partial charge on any atom is -0.355 e. The van der Waals surface area contributed by atoms with Crippen LogP contribution in [0.2, 0.25) is 5.02 Å². The number of hydrogen-bond acceptors (Lipinski definition) is 3. The molecule has 6 heteroatoms. The van der Waals surface area contributed by atoms with Crippen molar-refractivity contribution >= 4 is 23.3 Å². The van der Waals surface area contributed by atoms with Crippen LogP contribution in [0.15, 0.2) is 54.6 Å². The van der Waals surface area contributed by atoms with Gasteiger partial charge >= 0.3 is 0 Å². The van der Waals surface area contributed by atoms with Gasteiger partial charge in [0.05, 0.1) is 5.69 Å². The number of aromatic nitrogens is 2. The van der Waals surface area contributed by atoms with E-state index in [2.05, 4.69) is 26.5 Å². The molecule has 144 valence electrons. The summed E-state index contributed by atoms with van der Waals surface area (Å²) in [4.78, 5) is 14.8. The van der Waals surface area contributed by atoms with Crippen LogP contribution in [0.3, 0.4) is 0 Å². The lowest BCUT2D eigenvalue weighted by molar-refractivity contribution is 0.0930. The van der Waals surface area contributed by atoms with Gasteiger partial charge in [-0.05, 0) is 49.1 Å². The average molecular weight is 395 g/mol. The quantitative estimate of drug-likeness (QED) is 0.687. The summed E-state index contributed by atoms with van der Waals surface area (Å²) in [6.45, 7) is 3.70. The Morgan fingerprint density at radius 1 is 1.14 bits per heavy atom. The van der Waals surface area contributed by atoms with Gasteiger partial charge in [-0.2, -0.15) is 5.10 Å². The zero-order chi connectivity index (χ0) is 19.5. The number of hydrogen-bond donors (Lipinski definition) is 2. The van der Waals surface area contributed by atoms with Crippen molar-refractivity contribution in [1.82, 2.24) is 15.5 Å². The van der Waals surface area contributed by atoms with Crippen molar-refractivity contribution in [3.63, 3.8) is 0 Å². The van der Waals surface area contributed by atoms with Gasteiger partial charge in [-0.15, -0.1) is 0 Å². The molecule has 5 nitrogen and oxygen atoms in total. The van der Waals surface area contributed by atoms with Gasteiger partial charge in [-0.25, -0.2) is 0 Å². The molecule has 0 spiro atoms. The van der Waals surface area contributed by atoms with Crippen LogP contribution in [-0.2, 0) is 0 Å². The lowest BCUT2D eigenvalue weighted by atomic mass is 10.0. The van der Waals surface area contributed by atoms with Gasteiger partial charge in [0, 0.05) is 35.8 Å². The molecule has 28 heavy (non-hydrogen) atoms. The Labute approximate surface area is 169 Å². The Balaban J connectivity index is 1.35. The number of nitrogens with one attached hydrogen (secondary N) is 2. The van der Waals surface area contributed by atoms with Gasteiger partial charge in [-0.3, -0.25) is 9.89 Å². The highest BCUT2D eigenvalue weighted by Crippen LogP contribution is 2.25. The van der Waals surface area contributed by atoms with E-state index in [-0.39, 0.29) is 11.9 Å². The van der Waals surface area contributed by atoms with Crippen LogP contribution >= 0.6 is 11.6 Å². The summed E-state index contributed by atoms with van der Waals surface area (Å²) in [6.07, 6.45) is 1.81. The van der Waals surface area contributed by atoms with Crippen molar-refractivity contribution in [2.24, 2.45) is 0 Å². The number of halogens is 1. The van der Waals surface area contributed by atoms with Crippen LogP contribution in [0.25, 0.3) is 11.3 Å². The first-order valence-electron chi connectivity index (χ1n) is 9.53. The van der Waals surface area contributed by atoms with E-state index in [0.29, 0.717) is 0 Å². The molecule has 1 aromatic heterocycles. The van der Waals surface area contributed by atoms with Gasteiger partial charge in [0.2, 0.25) is 0 Å². The smallest absolute Gasteiger partial charge is 0.251 e. The molecule has 1 saturated heterocycles. The number of aryl methyl sites for hydroxylation is 1. The molecule has 4 rings (SSSR count). The van der Waals surface area contributed by atoms with Gasteiger partial charge in [0.25, 0.3) is 5.91 Å². The lowest BCUT2D eigenvalue weighted by Gasteiger charge is -2.32. The van der Waals surface area contributed by atoms with Crippen molar-refractivity contribution in [1.29, 1.82) is 0 Å². The summed E-state index contributed by atoms with van der Waals surface area (Å²) in [7, 11) is 0. The predicted molar refractivity (Wildman–Crippen MR) is 113 cm³/mol. The largest absolute Gasteiger partial charge is 0.355 e. The van der Waals surface area contributed by atoms with E-state index in [1.54, 1.807) is 0 Å². The fourth-order valence-corrected chi connectivity index (χ4v) is 3.72. The van der Waals surface area contributed by atoms with Gasteiger partial charge in [0.15, 0.2) is 5.82 Å². The maximum atomic E-state index is 12.5. The molecule has 0 saturated carbocycles. The maximum Gasteiger partial charge on any atom is 0.251 e. The summed E-state index contributed by atoms with van der Waals surface area (Å²) in [6, 6.07) is 17.7. The van der Waals surface area contributed by atoms with Crippen molar-refractivity contribution in [3.05, 3.63) is 70.7 Å². The fourth-order valence-electron chi connectivity index (χ4n) is 3.59. The van der Waals surface area contributed by atoms with Crippen LogP contribution in [0.5, 0.6) is 0 Å². The van der Waals surface area contributed by atoms with E-state index < -0.39 is 0 Å². The highest BCUT2D eigenvalue weighted by Gasteiger charge is 2.23. The van der Waals surface area contributed by atoms with Gasteiger partial charge in [0.1, 0.15) is 0 Å². The number of anilines is 1. The van der Waals surface area contributed by atoms with E-state index in [9.17, 15) is 4.79 Å². The zero-order valence-corrected chi connectivity index (χ0v) is 16.5. The van der Waals surface area contributed by atoms with E-state index in [4.69, 9.17) is 11.6 Å². The molecule has 1 amide bonds. The monoisotopic (exact) mass is 394 g/mol. The number of carbonyl (C=O) groups excluding carboxylic acids is 1. The Kier molecular flexibility index (Phi) is 5.35. The molecule has 2 aromatic carbocycles. The first kappa shape index (κ1) is 18.6. The maximum absolute atomic E-state index is 12.5. The molecular formula is C22H23ClN4O. The molecule has 0 aliphatic carbocycles. The molecule has 0 atom stereocenters. The van der Waals surface area contributed by atoms with Crippen LogP contribution in [0.1, 0.15) is 28.8 Å². The van der Waals surface area contributed by atoms with Crippen molar-refractivity contribution in [2.75, 3.05) is 18.0 Å². The predicted octanol–water partition coefficient (Wildman–Crippen LogP) is 4.44. The number of rotatable bonds is 4. The average Bonchev–Trinajstić information content (AvgIpc) is 3.19. The molecule has 0 radical (unpaired) electrons. The highest BCUT2D eigenvalue weighted by molar-refractivity contribution is 6.30. The third-order valence-corrected chi connectivity index (χ3v) is 5.52. The summed E-state index contributed by atoms with van der Waals surface area (Å²) in [5.41, 5.74) is 3.79. The van der Waals surface area contributed by atoms with Gasteiger partial charge < -0.3 is 10.2 Å². The normalized spacial score (nSPS) is 14.9. The zero-order valence-electron chi connectivity index (χ0n) is 15.8. The third-order valence-electron chi connectivity index (χ3n) is 5.26. The van der Waals surface area contributed by atoms with Gasteiger partial charge in [-0.1, -0.05) is 41.9 Å². The summed E-state index contributed by atoms with van der Waals surface area (Å²) >= 11 is 5.96. The molecular weight excluding hydrogens is 372 g/mol. The number of H-pyrrole nitrogens is 1. The SMILES string of the molecule is Cc1ccccc1C(=O)NC1CCN(c2cc(-c3ccc(Cl)cc3)[nH]n2)CC1. The Bertz CT molecular complexity index is 959. The third kappa shape index (κ3) is 4.04. The molecule has 1 aliphatic heterocycles. The number of piperidine rings is 1. The molecule has 3 aromatic rings. The molecule has 2 heterocycles.